The fourth-order valence-corrected chi connectivity index (χ4v) is 6.04. The van der Waals surface area contributed by atoms with Crippen molar-refractivity contribution in [2.24, 2.45) is 28.2 Å². The molecular weight excluding hydrogens is 468 g/mol. The zero-order chi connectivity index (χ0) is 24.2. The van der Waals surface area contributed by atoms with Gasteiger partial charge in [-0.3, -0.25) is 27.9 Å². The van der Waals surface area contributed by atoms with Crippen molar-refractivity contribution in [3.8, 4) is 0 Å². The molecule has 4 aromatic rings. The summed E-state index contributed by atoms with van der Waals surface area (Å²) >= 11 is 2.90. The maximum atomic E-state index is 12.7. The largest absolute Gasteiger partial charge is 0.333 e. The molecule has 176 valence electrons. The number of fused-ring (bicyclic) bond motifs is 2. The van der Waals surface area contributed by atoms with Crippen LogP contribution in [0.5, 0.6) is 0 Å². The van der Waals surface area contributed by atoms with Gasteiger partial charge in [0, 0.05) is 34.7 Å². The van der Waals surface area contributed by atoms with Crippen LogP contribution in [0.25, 0.3) is 22.3 Å². The lowest BCUT2D eigenvalue weighted by Gasteiger charge is -2.06. The fourth-order valence-electron chi connectivity index (χ4n) is 3.87. The Labute approximate surface area is 195 Å². The quantitative estimate of drug-likeness (QED) is 0.218. The second-order valence-electron chi connectivity index (χ2n) is 7.50. The van der Waals surface area contributed by atoms with Crippen LogP contribution in [0.15, 0.2) is 29.5 Å². The van der Waals surface area contributed by atoms with Crippen LogP contribution in [0.2, 0.25) is 0 Å². The molecular formula is C19H25N8O4S2+. The average molecular weight is 494 g/mol. The van der Waals surface area contributed by atoms with E-state index in [-0.39, 0.29) is 11.1 Å². The third-order valence-corrected chi connectivity index (χ3v) is 7.82. The summed E-state index contributed by atoms with van der Waals surface area (Å²) in [6.07, 6.45) is 0. The van der Waals surface area contributed by atoms with Crippen molar-refractivity contribution in [3.63, 3.8) is 0 Å². The van der Waals surface area contributed by atoms with E-state index in [4.69, 9.17) is 0 Å². The van der Waals surface area contributed by atoms with Crippen molar-refractivity contribution in [1.29, 1.82) is 0 Å². The number of nitrogens with one attached hydrogen (secondary N) is 1. The number of H-pyrrole nitrogens is 1. The van der Waals surface area contributed by atoms with Crippen LogP contribution in [0, 0.1) is 0 Å². The molecule has 1 N–H and O–H groups in total. The van der Waals surface area contributed by atoms with Crippen LogP contribution in [0.4, 0.5) is 0 Å². The Bertz CT molecular complexity index is 1530. The van der Waals surface area contributed by atoms with Gasteiger partial charge in [-0.2, -0.15) is 0 Å². The van der Waals surface area contributed by atoms with Gasteiger partial charge in [0.2, 0.25) is 0 Å². The highest BCUT2D eigenvalue weighted by Crippen LogP contribution is 2.27. The number of aromatic nitrogens is 8. The Hall–Kier alpha value is -3.00. The average Bonchev–Trinajstić information content (AvgIpc) is 3.37. The molecule has 0 saturated carbocycles. The van der Waals surface area contributed by atoms with E-state index < -0.39 is 11.4 Å². The molecule has 0 fully saturated rings. The molecule has 4 rings (SSSR count). The molecule has 12 nitrogen and oxygen atoms in total. The number of imidazole rings is 2. The van der Waals surface area contributed by atoms with E-state index in [1.54, 1.807) is 18.7 Å². The second-order valence-corrected chi connectivity index (χ2v) is 9.77. The van der Waals surface area contributed by atoms with Crippen molar-refractivity contribution >= 4 is 45.9 Å². The lowest BCUT2D eigenvalue weighted by Crippen LogP contribution is -2.43. The molecule has 14 heteroatoms. The van der Waals surface area contributed by atoms with Gasteiger partial charge in [-0.15, -0.1) is 0 Å². The zero-order valence-corrected chi connectivity index (χ0v) is 20.8. The van der Waals surface area contributed by atoms with Crippen LogP contribution >= 0.6 is 23.5 Å². The highest BCUT2D eigenvalue weighted by atomic mass is 32.2. The topological polar surface area (TPSA) is 125 Å². The molecule has 0 atom stereocenters. The second kappa shape index (κ2) is 8.41. The fraction of sp³-hybridized carbons (Fsp3) is 0.474. The van der Waals surface area contributed by atoms with Gasteiger partial charge >= 0.3 is 22.1 Å². The van der Waals surface area contributed by atoms with Crippen LogP contribution in [-0.2, 0) is 41.3 Å². The normalized spacial score (nSPS) is 11.8. The van der Waals surface area contributed by atoms with E-state index >= 15 is 0 Å². The molecule has 0 aliphatic carbocycles. The van der Waals surface area contributed by atoms with Gasteiger partial charge in [-0.1, -0.05) is 11.8 Å². The van der Waals surface area contributed by atoms with E-state index in [1.165, 1.54) is 46.8 Å². The summed E-state index contributed by atoms with van der Waals surface area (Å²) in [7, 11) is 6.14. The van der Waals surface area contributed by atoms with Crippen molar-refractivity contribution < 1.29 is 4.57 Å². The van der Waals surface area contributed by atoms with Gasteiger partial charge in [0.05, 0.1) is 11.6 Å². The minimum Gasteiger partial charge on any atom is -0.313 e. The smallest absolute Gasteiger partial charge is 0.313 e. The van der Waals surface area contributed by atoms with Gasteiger partial charge in [0.15, 0.2) is 16.3 Å². The Morgan fingerprint density at radius 1 is 0.879 bits per heavy atom. The van der Waals surface area contributed by atoms with Crippen LogP contribution in [0.3, 0.4) is 0 Å². The van der Waals surface area contributed by atoms with E-state index in [9.17, 15) is 19.2 Å². The third kappa shape index (κ3) is 3.39. The van der Waals surface area contributed by atoms with Crippen LogP contribution < -0.4 is 27.1 Å². The maximum absolute atomic E-state index is 12.7. The number of thioether (sulfide) groups is 2. The zero-order valence-electron chi connectivity index (χ0n) is 19.2. The first-order valence-corrected chi connectivity index (χ1v) is 12.2. The number of aromatic amines is 1. The predicted octanol–water partition coefficient (Wildman–Crippen LogP) is -0.518. The summed E-state index contributed by atoms with van der Waals surface area (Å²) in [6.45, 7) is 4.92. The summed E-state index contributed by atoms with van der Waals surface area (Å²) < 4.78 is 8.64. The van der Waals surface area contributed by atoms with Crippen LogP contribution in [-0.4, -0.2) is 37.9 Å². The maximum Gasteiger partial charge on any atom is 0.333 e. The van der Waals surface area contributed by atoms with E-state index in [1.807, 2.05) is 18.4 Å². The molecule has 0 amide bonds. The highest BCUT2D eigenvalue weighted by molar-refractivity contribution is 8.15. The first-order chi connectivity index (χ1) is 15.6. The predicted molar refractivity (Wildman–Crippen MR) is 127 cm³/mol. The highest BCUT2D eigenvalue weighted by Gasteiger charge is 2.26. The van der Waals surface area contributed by atoms with Crippen LogP contribution in [0.1, 0.15) is 13.8 Å². The molecule has 0 saturated heterocycles. The SMILES string of the molecule is CCn1c(SCSc2[nH]c3c(c(=O)n(C)c(=O)n3C)[n+]2CC)nc2c1c(=O)n(C)c(=O)n2C. The van der Waals surface area contributed by atoms with Gasteiger partial charge in [-0.25, -0.2) is 24.1 Å². The lowest BCUT2D eigenvalue weighted by atomic mass is 10.5. The van der Waals surface area contributed by atoms with E-state index in [0.29, 0.717) is 45.7 Å². The summed E-state index contributed by atoms with van der Waals surface area (Å²) in [5.41, 5.74) is 0.103. The molecule has 0 aromatic carbocycles. The molecule has 33 heavy (non-hydrogen) atoms. The lowest BCUT2D eigenvalue weighted by molar-refractivity contribution is -0.705. The molecule has 0 bridgehead atoms. The molecule has 0 unspecified atom stereocenters. The van der Waals surface area contributed by atoms with Crippen molar-refractivity contribution in [2.45, 2.75) is 37.2 Å². The number of hydrogen-bond acceptors (Lipinski definition) is 7. The molecule has 4 aromatic heterocycles. The Morgan fingerprint density at radius 3 is 2.15 bits per heavy atom. The Kier molecular flexibility index (Phi) is 5.90. The van der Waals surface area contributed by atoms with Crippen molar-refractivity contribution in [2.75, 3.05) is 5.08 Å². The van der Waals surface area contributed by atoms with E-state index in [0.717, 1.165) is 14.3 Å². The minimum absolute atomic E-state index is 0.352. The standard InChI is InChI=1S/C19H24N8O4S2/c1-7-26-10-12(22(3)18(30)24(5)14(10)28)20-16(26)32-9-33-17-21-13-11(27(17)8-2)15(29)25(6)19(31)23(13)4/h7-9H2,1-6H3/p+1. The summed E-state index contributed by atoms with van der Waals surface area (Å²) in [6, 6.07) is 0. The molecule has 0 radical (unpaired) electrons. The van der Waals surface area contributed by atoms with Gasteiger partial charge < -0.3 is 4.57 Å². The van der Waals surface area contributed by atoms with Gasteiger partial charge in [0.25, 0.3) is 16.7 Å². The van der Waals surface area contributed by atoms with E-state index in [2.05, 4.69) is 9.97 Å². The summed E-state index contributed by atoms with van der Waals surface area (Å²) in [5, 5.41) is 1.89. The van der Waals surface area contributed by atoms with Crippen molar-refractivity contribution in [1.82, 2.24) is 32.8 Å². The summed E-state index contributed by atoms with van der Waals surface area (Å²) in [4.78, 5) is 57.7. The minimum atomic E-state index is -0.423. The third-order valence-electron chi connectivity index (χ3n) is 5.71. The van der Waals surface area contributed by atoms with Crippen molar-refractivity contribution in [3.05, 3.63) is 41.7 Å². The number of aryl methyl sites for hydroxylation is 4. The monoisotopic (exact) mass is 493 g/mol. The molecule has 0 aliphatic rings. The van der Waals surface area contributed by atoms with Gasteiger partial charge in [0.1, 0.15) is 0 Å². The molecule has 0 aliphatic heterocycles. The summed E-state index contributed by atoms with van der Waals surface area (Å²) in [5.74, 6) is 0. The number of rotatable bonds is 6. The number of hydrogen-bond donors (Lipinski definition) is 1. The number of nitrogens with zero attached hydrogens (tertiary/aromatic N) is 7. The Morgan fingerprint density at radius 2 is 1.52 bits per heavy atom. The molecule has 4 heterocycles. The van der Waals surface area contributed by atoms with Gasteiger partial charge in [-0.05, 0) is 25.6 Å². The molecule has 0 spiro atoms. The first-order valence-electron chi connectivity index (χ1n) is 10.3. The first kappa shape index (κ1) is 23.2. The Balaban J connectivity index is 1.72.